The van der Waals surface area contributed by atoms with Crippen molar-refractivity contribution in [1.82, 2.24) is 5.32 Å². The van der Waals surface area contributed by atoms with E-state index in [4.69, 9.17) is 0 Å². The topological polar surface area (TPSA) is 72.2 Å². The van der Waals surface area contributed by atoms with Gasteiger partial charge in [-0.2, -0.15) is 0 Å². The molecule has 1 amide bonds. The molecule has 0 aromatic carbocycles. The minimum atomic E-state index is -0.672. The van der Waals surface area contributed by atoms with Crippen LogP contribution >= 0.6 is 0 Å². The van der Waals surface area contributed by atoms with Crippen molar-refractivity contribution in [2.24, 2.45) is 5.92 Å². The molecule has 1 rings (SSSR count). The van der Waals surface area contributed by atoms with Gasteiger partial charge in [-0.15, -0.1) is 5.92 Å². The van der Waals surface area contributed by atoms with Gasteiger partial charge in [-0.25, -0.2) is 0 Å². The Kier molecular flexibility index (Phi) is 2.85. The van der Waals surface area contributed by atoms with E-state index in [-0.39, 0.29) is 12.5 Å². The highest BCUT2D eigenvalue weighted by Gasteiger charge is 2.53. The van der Waals surface area contributed by atoms with Gasteiger partial charge in [-0.1, -0.05) is 5.92 Å². The zero-order chi connectivity index (χ0) is 9.84. The summed E-state index contributed by atoms with van der Waals surface area (Å²) in [5.41, 5.74) is 0. The number of carbonyl (C=O) groups is 1. The third kappa shape index (κ3) is 2.44. The van der Waals surface area contributed by atoms with Gasteiger partial charge in [0.1, 0.15) is 5.92 Å². The fraction of sp³-hybridized carbons (Fsp3) is 0.625. The molecule has 0 aromatic heterocycles. The van der Waals surface area contributed by atoms with Crippen molar-refractivity contribution in [3.8, 4) is 11.8 Å². The van der Waals surface area contributed by atoms with Crippen LogP contribution in [0.25, 0.3) is 0 Å². The van der Waals surface area contributed by atoms with Crippen LogP contribution in [-0.2, 0) is 4.79 Å². The highest BCUT2D eigenvalue weighted by atomic mass is 16.6. The predicted molar refractivity (Wildman–Crippen MR) is 45.3 cm³/mol. The lowest BCUT2D eigenvalue weighted by Gasteiger charge is -1.96. The second kappa shape index (κ2) is 3.90. The van der Waals surface area contributed by atoms with Gasteiger partial charge >= 0.3 is 0 Å². The predicted octanol–water partition coefficient (Wildman–Crippen LogP) is -0.209. The molecular formula is C8H10N2O3. The number of carbonyl (C=O) groups excluding carboxylic acids is 1. The van der Waals surface area contributed by atoms with Crippen LogP contribution < -0.4 is 5.32 Å². The van der Waals surface area contributed by atoms with Gasteiger partial charge in [-0.05, 0) is 6.92 Å². The Balaban J connectivity index is 2.26. The summed E-state index contributed by atoms with van der Waals surface area (Å²) in [7, 11) is 0. The Morgan fingerprint density at radius 2 is 2.46 bits per heavy atom. The van der Waals surface area contributed by atoms with E-state index < -0.39 is 16.9 Å². The molecule has 2 unspecified atom stereocenters. The Bertz CT molecular complexity index is 289. The minimum Gasteiger partial charge on any atom is -0.345 e. The number of amides is 1. The van der Waals surface area contributed by atoms with Crippen molar-refractivity contribution in [3.63, 3.8) is 0 Å². The Hall–Kier alpha value is -1.57. The summed E-state index contributed by atoms with van der Waals surface area (Å²) in [4.78, 5) is 20.9. The Labute approximate surface area is 75.7 Å². The lowest BCUT2D eigenvalue weighted by Crippen LogP contribution is -2.27. The first-order chi connectivity index (χ1) is 6.16. The van der Waals surface area contributed by atoms with Gasteiger partial charge in [0, 0.05) is 11.3 Å². The SMILES string of the molecule is CC#CCNC(=O)C1CC1[N+](=O)[O-]. The standard InChI is InChI=1S/C8H10N2O3/c1-2-3-4-9-8(11)6-5-7(6)10(12)13/h6-7H,4-5H2,1H3,(H,9,11). The number of hydrogen-bond acceptors (Lipinski definition) is 3. The van der Waals surface area contributed by atoms with E-state index in [1.807, 2.05) is 0 Å². The monoisotopic (exact) mass is 182 g/mol. The average molecular weight is 182 g/mol. The van der Waals surface area contributed by atoms with Crippen molar-refractivity contribution in [1.29, 1.82) is 0 Å². The molecule has 0 heterocycles. The van der Waals surface area contributed by atoms with E-state index in [9.17, 15) is 14.9 Å². The first kappa shape index (κ1) is 9.52. The van der Waals surface area contributed by atoms with Crippen LogP contribution in [0.4, 0.5) is 0 Å². The molecule has 0 radical (unpaired) electrons. The number of hydrogen-bond donors (Lipinski definition) is 1. The summed E-state index contributed by atoms with van der Waals surface area (Å²) in [6.07, 6.45) is 0.360. The lowest BCUT2D eigenvalue weighted by atomic mass is 10.4. The number of rotatable bonds is 3. The zero-order valence-electron chi connectivity index (χ0n) is 7.24. The molecule has 5 heteroatoms. The number of nitrogens with zero attached hydrogens (tertiary/aromatic N) is 1. The summed E-state index contributed by atoms with van der Waals surface area (Å²) < 4.78 is 0. The smallest absolute Gasteiger partial charge is 0.231 e. The molecule has 0 spiro atoms. The second-order valence-electron chi connectivity index (χ2n) is 2.84. The van der Waals surface area contributed by atoms with Gasteiger partial charge in [0.2, 0.25) is 11.9 Å². The molecule has 0 saturated heterocycles. The van der Waals surface area contributed by atoms with Gasteiger partial charge in [0.05, 0.1) is 6.54 Å². The molecule has 1 aliphatic carbocycles. The first-order valence-corrected chi connectivity index (χ1v) is 3.97. The van der Waals surface area contributed by atoms with Gasteiger partial charge in [0.25, 0.3) is 0 Å². The van der Waals surface area contributed by atoms with E-state index in [1.54, 1.807) is 6.92 Å². The van der Waals surface area contributed by atoms with Crippen LogP contribution in [0.1, 0.15) is 13.3 Å². The van der Waals surface area contributed by atoms with Crippen molar-refractivity contribution in [3.05, 3.63) is 10.1 Å². The van der Waals surface area contributed by atoms with E-state index in [2.05, 4.69) is 17.2 Å². The first-order valence-electron chi connectivity index (χ1n) is 3.97. The normalized spacial score (nSPS) is 24.1. The minimum absolute atomic E-state index is 0.260. The highest BCUT2D eigenvalue weighted by molar-refractivity contribution is 5.82. The molecule has 13 heavy (non-hydrogen) atoms. The van der Waals surface area contributed by atoms with Crippen LogP contribution in [0.15, 0.2) is 0 Å². The molecule has 0 aliphatic heterocycles. The number of nitro groups is 1. The highest BCUT2D eigenvalue weighted by Crippen LogP contribution is 2.32. The molecule has 1 aliphatic rings. The average Bonchev–Trinajstić information content (AvgIpc) is 2.83. The molecule has 1 saturated carbocycles. The second-order valence-corrected chi connectivity index (χ2v) is 2.84. The number of nitrogens with one attached hydrogen (secondary N) is 1. The molecule has 1 fully saturated rings. The Morgan fingerprint density at radius 1 is 1.77 bits per heavy atom. The van der Waals surface area contributed by atoms with E-state index in [0.717, 1.165) is 0 Å². The van der Waals surface area contributed by atoms with Gasteiger partial charge in [0.15, 0.2) is 0 Å². The Morgan fingerprint density at radius 3 is 2.92 bits per heavy atom. The third-order valence-electron chi connectivity index (χ3n) is 1.89. The molecule has 70 valence electrons. The van der Waals surface area contributed by atoms with Crippen LogP contribution in [-0.4, -0.2) is 23.4 Å². The summed E-state index contributed by atoms with van der Waals surface area (Å²) in [5, 5.41) is 12.7. The molecule has 2 atom stereocenters. The maximum absolute atomic E-state index is 11.1. The molecule has 0 aromatic rings. The molecule has 5 nitrogen and oxygen atoms in total. The van der Waals surface area contributed by atoms with Crippen LogP contribution in [0.3, 0.4) is 0 Å². The van der Waals surface area contributed by atoms with Gasteiger partial charge in [-0.3, -0.25) is 14.9 Å². The van der Waals surface area contributed by atoms with Crippen molar-refractivity contribution in [2.75, 3.05) is 6.54 Å². The summed E-state index contributed by atoms with van der Waals surface area (Å²) in [6, 6.07) is -0.672. The fourth-order valence-corrected chi connectivity index (χ4v) is 1.05. The third-order valence-corrected chi connectivity index (χ3v) is 1.89. The summed E-state index contributed by atoms with van der Waals surface area (Å²) in [5.74, 6) is 4.58. The van der Waals surface area contributed by atoms with Crippen molar-refractivity contribution >= 4 is 5.91 Å². The summed E-state index contributed by atoms with van der Waals surface area (Å²) >= 11 is 0. The maximum atomic E-state index is 11.1. The molecule has 0 bridgehead atoms. The van der Waals surface area contributed by atoms with Crippen LogP contribution in [0.2, 0.25) is 0 Å². The largest absolute Gasteiger partial charge is 0.345 e. The van der Waals surface area contributed by atoms with E-state index in [0.29, 0.717) is 6.42 Å². The maximum Gasteiger partial charge on any atom is 0.231 e. The van der Waals surface area contributed by atoms with Crippen LogP contribution in [0, 0.1) is 27.9 Å². The van der Waals surface area contributed by atoms with Crippen LogP contribution in [0.5, 0.6) is 0 Å². The quantitative estimate of drug-likeness (QED) is 0.373. The van der Waals surface area contributed by atoms with Crippen molar-refractivity contribution in [2.45, 2.75) is 19.4 Å². The zero-order valence-corrected chi connectivity index (χ0v) is 7.24. The molecular weight excluding hydrogens is 172 g/mol. The van der Waals surface area contributed by atoms with E-state index in [1.165, 1.54) is 0 Å². The lowest BCUT2D eigenvalue weighted by molar-refractivity contribution is -0.497. The molecule has 1 N–H and O–H groups in total. The fourth-order valence-electron chi connectivity index (χ4n) is 1.05. The summed E-state index contributed by atoms with van der Waals surface area (Å²) in [6.45, 7) is 1.94. The van der Waals surface area contributed by atoms with Gasteiger partial charge < -0.3 is 5.32 Å². The van der Waals surface area contributed by atoms with E-state index >= 15 is 0 Å². The van der Waals surface area contributed by atoms with Crippen molar-refractivity contribution < 1.29 is 9.72 Å².